The van der Waals surface area contributed by atoms with Crippen molar-refractivity contribution in [3.05, 3.63) is 30.3 Å². The number of benzene rings is 1. The van der Waals surface area contributed by atoms with E-state index in [9.17, 15) is 8.42 Å². The number of halogens is 1. The van der Waals surface area contributed by atoms with Gasteiger partial charge in [-0.15, -0.1) is 24.0 Å². The number of aliphatic imine (C=N–C) groups is 1. The van der Waals surface area contributed by atoms with Gasteiger partial charge in [-0.2, -0.15) is 0 Å². The first-order valence-corrected chi connectivity index (χ1v) is 9.83. The smallest absolute Gasteiger partial charge is 0.193 e. The van der Waals surface area contributed by atoms with Gasteiger partial charge in [0.05, 0.1) is 12.3 Å². The topological polar surface area (TPSA) is 71.0 Å². The molecule has 0 radical (unpaired) electrons. The minimum absolute atomic E-state index is 0. The summed E-state index contributed by atoms with van der Waals surface area (Å²) in [5, 5.41) is 3.20. The Kier molecular flexibility index (Phi) is 11.8. The zero-order chi connectivity index (χ0) is 17.1. The minimum atomic E-state index is -2.92. The highest BCUT2D eigenvalue weighted by Gasteiger charge is 2.06. The van der Waals surface area contributed by atoms with Gasteiger partial charge in [0.25, 0.3) is 0 Å². The van der Waals surface area contributed by atoms with E-state index in [4.69, 9.17) is 4.74 Å². The molecule has 0 aliphatic rings. The van der Waals surface area contributed by atoms with E-state index in [-0.39, 0.29) is 29.7 Å². The Morgan fingerprint density at radius 3 is 2.54 bits per heavy atom. The molecule has 0 aliphatic heterocycles. The van der Waals surface area contributed by atoms with Crippen LogP contribution in [0.15, 0.2) is 35.3 Å². The van der Waals surface area contributed by atoms with E-state index in [0.717, 1.165) is 18.3 Å². The molecule has 0 spiro atoms. The molecule has 0 aromatic heterocycles. The molecule has 6 nitrogen and oxygen atoms in total. The summed E-state index contributed by atoms with van der Waals surface area (Å²) in [6, 6.07) is 9.67. The van der Waals surface area contributed by atoms with Crippen molar-refractivity contribution < 1.29 is 13.2 Å². The number of hydrogen-bond acceptors (Lipinski definition) is 4. The standard InChI is InChI=1S/C16H27N3O3S.HI/c1-4-17-16(18-11-8-14-23(3,20)21)19(2)12-13-22-15-9-6-5-7-10-15;/h5-7,9-10H,4,8,11-14H2,1-3H3,(H,17,18);1H. The Hall–Kier alpha value is -1.03. The van der Waals surface area contributed by atoms with Crippen LogP contribution in [0.1, 0.15) is 13.3 Å². The fraction of sp³-hybridized carbons (Fsp3) is 0.562. The molecular formula is C16H28IN3O3S. The third-order valence-corrected chi connectivity index (χ3v) is 4.10. The molecule has 1 aromatic rings. The Morgan fingerprint density at radius 1 is 1.29 bits per heavy atom. The van der Waals surface area contributed by atoms with Crippen molar-refractivity contribution in [1.29, 1.82) is 0 Å². The molecule has 0 saturated carbocycles. The molecule has 0 bridgehead atoms. The lowest BCUT2D eigenvalue weighted by Gasteiger charge is -2.22. The molecule has 1 N–H and O–H groups in total. The number of nitrogens with zero attached hydrogens (tertiary/aromatic N) is 2. The second-order valence-electron chi connectivity index (χ2n) is 5.30. The lowest BCUT2D eigenvalue weighted by molar-refractivity contribution is 0.281. The normalized spacial score (nSPS) is 11.5. The van der Waals surface area contributed by atoms with Crippen LogP contribution in [0.5, 0.6) is 5.75 Å². The summed E-state index contributed by atoms with van der Waals surface area (Å²) in [5.41, 5.74) is 0. The largest absolute Gasteiger partial charge is 0.492 e. The van der Waals surface area contributed by atoms with Gasteiger partial charge in [-0.05, 0) is 25.5 Å². The highest BCUT2D eigenvalue weighted by Crippen LogP contribution is 2.07. The van der Waals surface area contributed by atoms with Crippen LogP contribution in [0.4, 0.5) is 0 Å². The summed E-state index contributed by atoms with van der Waals surface area (Å²) in [7, 11) is -0.986. The molecule has 0 aliphatic carbocycles. The first-order chi connectivity index (χ1) is 10.9. The van der Waals surface area contributed by atoms with Gasteiger partial charge in [-0.3, -0.25) is 4.99 Å². The van der Waals surface area contributed by atoms with Gasteiger partial charge in [0.1, 0.15) is 22.2 Å². The van der Waals surface area contributed by atoms with Gasteiger partial charge in [0, 0.05) is 26.4 Å². The molecular weight excluding hydrogens is 441 g/mol. The minimum Gasteiger partial charge on any atom is -0.492 e. The van der Waals surface area contributed by atoms with Crippen LogP contribution in [-0.2, 0) is 9.84 Å². The zero-order valence-corrected chi connectivity index (χ0v) is 17.7. The van der Waals surface area contributed by atoms with Crippen LogP contribution in [0.2, 0.25) is 0 Å². The summed E-state index contributed by atoms with van der Waals surface area (Å²) in [6.45, 7) is 4.48. The number of sulfone groups is 1. The Bertz CT molecular complexity index is 579. The first kappa shape index (κ1) is 23.0. The van der Waals surface area contributed by atoms with E-state index in [2.05, 4.69) is 10.3 Å². The van der Waals surface area contributed by atoms with Crippen LogP contribution in [0.3, 0.4) is 0 Å². The monoisotopic (exact) mass is 469 g/mol. The molecule has 0 amide bonds. The molecule has 0 heterocycles. The lowest BCUT2D eigenvalue weighted by atomic mass is 10.3. The average molecular weight is 469 g/mol. The van der Waals surface area contributed by atoms with Crippen LogP contribution in [0, 0.1) is 0 Å². The number of ether oxygens (including phenoxy) is 1. The van der Waals surface area contributed by atoms with Gasteiger partial charge in [0.15, 0.2) is 5.96 Å². The fourth-order valence-electron chi connectivity index (χ4n) is 1.90. The van der Waals surface area contributed by atoms with Crippen LogP contribution >= 0.6 is 24.0 Å². The van der Waals surface area contributed by atoms with Gasteiger partial charge in [0.2, 0.25) is 0 Å². The number of nitrogens with one attached hydrogen (secondary N) is 1. The molecule has 138 valence electrons. The quantitative estimate of drug-likeness (QED) is 0.259. The summed E-state index contributed by atoms with van der Waals surface area (Å²) in [4.78, 5) is 6.43. The van der Waals surface area contributed by atoms with Crippen molar-refractivity contribution in [3.63, 3.8) is 0 Å². The molecule has 1 aromatic carbocycles. The maximum Gasteiger partial charge on any atom is 0.193 e. The van der Waals surface area contributed by atoms with E-state index in [0.29, 0.717) is 26.1 Å². The van der Waals surface area contributed by atoms with E-state index in [1.807, 2.05) is 49.2 Å². The Morgan fingerprint density at radius 2 is 1.96 bits per heavy atom. The van der Waals surface area contributed by atoms with E-state index in [1.54, 1.807) is 0 Å². The SMILES string of the molecule is CCNC(=NCCCS(C)(=O)=O)N(C)CCOc1ccccc1.I. The maximum atomic E-state index is 11.1. The maximum absolute atomic E-state index is 11.1. The van der Waals surface area contributed by atoms with Crippen molar-refractivity contribution in [2.45, 2.75) is 13.3 Å². The number of likely N-dealkylation sites (N-methyl/N-ethyl adjacent to an activating group) is 1. The predicted octanol–water partition coefficient (Wildman–Crippen LogP) is 2.02. The molecule has 8 heteroatoms. The van der Waals surface area contributed by atoms with E-state index in [1.165, 1.54) is 6.26 Å². The van der Waals surface area contributed by atoms with Gasteiger partial charge < -0.3 is 15.0 Å². The van der Waals surface area contributed by atoms with Crippen molar-refractivity contribution in [1.82, 2.24) is 10.2 Å². The number of guanidine groups is 1. The molecule has 24 heavy (non-hydrogen) atoms. The van der Waals surface area contributed by atoms with E-state index >= 15 is 0 Å². The van der Waals surface area contributed by atoms with Crippen molar-refractivity contribution in [2.24, 2.45) is 4.99 Å². The Labute approximate surface area is 162 Å². The average Bonchev–Trinajstić information content (AvgIpc) is 2.50. The fourth-order valence-corrected chi connectivity index (χ4v) is 2.56. The second-order valence-corrected chi connectivity index (χ2v) is 7.56. The van der Waals surface area contributed by atoms with Crippen molar-refractivity contribution in [3.8, 4) is 5.75 Å². The predicted molar refractivity (Wildman–Crippen MR) is 110 cm³/mol. The number of para-hydroxylation sites is 1. The third-order valence-electron chi connectivity index (χ3n) is 3.07. The highest BCUT2D eigenvalue weighted by molar-refractivity contribution is 14.0. The number of rotatable bonds is 9. The van der Waals surface area contributed by atoms with Crippen LogP contribution in [0.25, 0.3) is 0 Å². The molecule has 1 rings (SSSR count). The molecule has 0 atom stereocenters. The van der Waals surface area contributed by atoms with Crippen LogP contribution in [-0.4, -0.2) is 64.6 Å². The van der Waals surface area contributed by atoms with Gasteiger partial charge in [-0.25, -0.2) is 8.42 Å². The van der Waals surface area contributed by atoms with Crippen LogP contribution < -0.4 is 10.1 Å². The first-order valence-electron chi connectivity index (χ1n) is 7.77. The van der Waals surface area contributed by atoms with Gasteiger partial charge in [-0.1, -0.05) is 18.2 Å². The number of hydrogen-bond donors (Lipinski definition) is 1. The van der Waals surface area contributed by atoms with E-state index < -0.39 is 9.84 Å². The third kappa shape index (κ3) is 10.7. The molecule has 0 unspecified atom stereocenters. The Balaban J connectivity index is 0.00000529. The summed E-state index contributed by atoms with van der Waals surface area (Å²) in [6.07, 6.45) is 1.77. The second kappa shape index (κ2) is 12.3. The van der Waals surface area contributed by atoms with Crippen molar-refractivity contribution in [2.75, 3.05) is 45.3 Å². The summed E-state index contributed by atoms with van der Waals surface area (Å²) < 4.78 is 27.9. The molecule has 0 fully saturated rings. The summed E-state index contributed by atoms with van der Waals surface area (Å²) in [5.74, 6) is 1.77. The van der Waals surface area contributed by atoms with Gasteiger partial charge >= 0.3 is 0 Å². The highest BCUT2D eigenvalue weighted by atomic mass is 127. The molecule has 0 saturated heterocycles. The summed E-state index contributed by atoms with van der Waals surface area (Å²) >= 11 is 0. The van der Waals surface area contributed by atoms with Crippen molar-refractivity contribution >= 4 is 39.8 Å². The lowest BCUT2D eigenvalue weighted by Crippen LogP contribution is -2.41. The zero-order valence-electron chi connectivity index (χ0n) is 14.6.